The highest BCUT2D eigenvalue weighted by Crippen LogP contribution is 2.37. The Hall–Kier alpha value is -18.8. The van der Waals surface area contributed by atoms with Crippen LogP contribution in [0.5, 0.6) is 0 Å². The Morgan fingerprint density at radius 3 is 0.785 bits per heavy atom. The molecule has 0 fully saturated rings. The number of rotatable bonds is 25. The summed E-state index contributed by atoms with van der Waals surface area (Å²) < 4.78 is 31.7. The van der Waals surface area contributed by atoms with E-state index in [0.717, 1.165) is 222 Å². The Labute approximate surface area is 824 Å². The molecule has 0 radical (unpaired) electrons. The van der Waals surface area contributed by atoms with Crippen molar-refractivity contribution in [2.45, 2.75) is 85.0 Å². The Balaban J connectivity index is 0.000000106. The van der Waals surface area contributed by atoms with Gasteiger partial charge in [0, 0.05) is 157 Å². The fraction of sp³-hybridized carbons (Fsp3) is 0.167. The quantitative estimate of drug-likeness (QED) is 0.0355. The monoisotopic (exact) mass is 1910 g/mol. The standard InChI is InChI=1S/3C22H21N7.C21H18FN7.C21H19N7/c2*1-15-3-5-16(6-4-15)7-9-19-25-21(22(26-19)18-11-12-28(2)27-18)17-8-10-20-23-14-24-29(20)13-17;1-15-4-3-5-16(12-15)6-8-19-25-21(22(26-19)18-10-11-28(2)27-18)17-7-9-20-23-14-24-29(20)13-17;1-28-11-10-17(27-28)21-20(15-7-9-19-23-13-24-29(19)12-15)25-18(26-21)8-6-14-4-2-3-5-16(14)22;1-27-12-11-17(26-27)21-20(16-8-10-19-22-14-23-28(19)13-16)24-18(25-21)9-7-15-5-3-2-4-6-15/h2*3-6,8,10-14H,7,9H2,1-2H3,(H,25,26);3-5,7,9-14H,6,8H2,1-2H3,(H,25,26);2-5,7,9-13H,6,8H2,1H3,(H,25,26);2-6,8,10-14H,7,9H2,1H3,(H,24,25). The van der Waals surface area contributed by atoms with Crippen molar-refractivity contribution in [2.24, 2.45) is 35.2 Å². The molecule has 0 atom stereocenters. The van der Waals surface area contributed by atoms with Crippen LogP contribution < -0.4 is 0 Å². The number of aromatic nitrogens is 35. The van der Waals surface area contributed by atoms with E-state index in [0.29, 0.717) is 18.4 Å². The Bertz CT molecular complexity index is 8500. The lowest BCUT2D eigenvalue weighted by molar-refractivity contribution is 0.607. The molecule has 0 unspecified atom stereocenters. The van der Waals surface area contributed by atoms with Crippen molar-refractivity contribution >= 4 is 28.2 Å². The van der Waals surface area contributed by atoms with Gasteiger partial charge in [-0.2, -0.15) is 51.0 Å². The highest BCUT2D eigenvalue weighted by Gasteiger charge is 2.25. The second kappa shape index (κ2) is 41.1. The fourth-order valence-electron chi connectivity index (χ4n) is 17.2. The van der Waals surface area contributed by atoms with E-state index >= 15 is 0 Å². The van der Waals surface area contributed by atoms with Crippen molar-refractivity contribution in [3.05, 3.63) is 391 Å². The maximum Gasteiger partial charge on any atom is 0.155 e. The molecule has 0 aliphatic carbocycles. The van der Waals surface area contributed by atoms with E-state index in [4.69, 9.17) is 24.9 Å². The molecule has 0 spiro atoms. The van der Waals surface area contributed by atoms with Gasteiger partial charge in [-0.15, -0.1) is 0 Å². The number of nitrogens with one attached hydrogen (secondary N) is 5. The minimum atomic E-state index is -0.194. The molecule has 144 heavy (non-hydrogen) atoms. The van der Waals surface area contributed by atoms with Crippen LogP contribution in [0.4, 0.5) is 4.39 Å². The van der Waals surface area contributed by atoms with Gasteiger partial charge in [-0.25, -0.2) is 76.8 Å². The summed E-state index contributed by atoms with van der Waals surface area (Å²) in [6.07, 6.45) is 35.2. The third kappa shape index (κ3) is 21.1. The third-order valence-electron chi connectivity index (χ3n) is 24.7. The molecular weight excluding hydrogens is 1810 g/mol. The molecule has 714 valence electrons. The van der Waals surface area contributed by atoms with E-state index in [1.54, 1.807) is 83.4 Å². The van der Waals surface area contributed by atoms with Crippen LogP contribution in [0.3, 0.4) is 0 Å². The minimum absolute atomic E-state index is 0.194. The van der Waals surface area contributed by atoms with Crippen LogP contribution in [0.1, 0.15) is 73.6 Å². The zero-order valence-corrected chi connectivity index (χ0v) is 80.3. The minimum Gasteiger partial charge on any atom is -0.340 e. The number of aryl methyl sites for hydroxylation is 18. The van der Waals surface area contributed by atoms with E-state index < -0.39 is 0 Å². The molecule has 0 saturated heterocycles. The van der Waals surface area contributed by atoms with Gasteiger partial charge in [0.2, 0.25) is 0 Å². The lowest BCUT2D eigenvalue weighted by Gasteiger charge is -2.01. The van der Waals surface area contributed by atoms with Gasteiger partial charge in [-0.1, -0.05) is 138 Å². The summed E-state index contributed by atoms with van der Waals surface area (Å²) in [4.78, 5) is 62.9. The molecule has 35 nitrogen and oxygen atoms in total. The maximum atomic E-state index is 14.0. The first-order chi connectivity index (χ1) is 70.4. The van der Waals surface area contributed by atoms with Gasteiger partial charge in [-0.3, -0.25) is 23.4 Å². The third-order valence-corrected chi connectivity index (χ3v) is 24.7. The summed E-state index contributed by atoms with van der Waals surface area (Å²) >= 11 is 0. The van der Waals surface area contributed by atoms with Crippen molar-refractivity contribution < 1.29 is 4.39 Å². The molecule has 25 aromatic rings. The Kier molecular flexibility index (Phi) is 26.2. The lowest BCUT2D eigenvalue weighted by Crippen LogP contribution is -1.96. The Morgan fingerprint density at radius 2 is 0.507 bits per heavy atom. The summed E-state index contributed by atoms with van der Waals surface area (Å²) in [6.45, 7) is 6.33. The van der Waals surface area contributed by atoms with E-state index in [9.17, 15) is 4.39 Å². The number of H-pyrrole nitrogens is 5. The second-order valence-electron chi connectivity index (χ2n) is 35.3. The first kappa shape index (κ1) is 91.6. The first-order valence-electron chi connectivity index (χ1n) is 47.3. The highest BCUT2D eigenvalue weighted by atomic mass is 19.1. The first-order valence-corrected chi connectivity index (χ1v) is 47.3. The maximum absolute atomic E-state index is 14.0. The van der Waals surface area contributed by atoms with Crippen LogP contribution in [0.2, 0.25) is 0 Å². The van der Waals surface area contributed by atoms with Crippen molar-refractivity contribution in [3.63, 3.8) is 0 Å². The summed E-state index contributed by atoms with van der Waals surface area (Å²) in [7, 11) is 9.54. The van der Waals surface area contributed by atoms with Crippen molar-refractivity contribution in [1.29, 1.82) is 0 Å². The van der Waals surface area contributed by atoms with Gasteiger partial charge >= 0.3 is 0 Å². The molecule has 5 N–H and O–H groups in total. The number of aromatic amines is 5. The van der Waals surface area contributed by atoms with Crippen molar-refractivity contribution in [2.75, 3.05) is 0 Å². The van der Waals surface area contributed by atoms with E-state index in [1.807, 2.05) is 200 Å². The van der Waals surface area contributed by atoms with Gasteiger partial charge in [-0.05, 0) is 178 Å². The zero-order valence-electron chi connectivity index (χ0n) is 80.3. The lowest BCUT2D eigenvalue weighted by atomic mass is 10.1. The predicted octanol–water partition coefficient (Wildman–Crippen LogP) is 17.6. The van der Waals surface area contributed by atoms with E-state index in [1.165, 1.54) is 51.3 Å². The summed E-state index contributed by atoms with van der Waals surface area (Å²) in [5.41, 5.74) is 31.6. The average molecular weight is 1910 g/mol. The number of imidazole rings is 5. The summed E-state index contributed by atoms with van der Waals surface area (Å²) in [5, 5.41) is 44.0. The molecule has 25 rings (SSSR count). The number of nitrogens with zero attached hydrogens (tertiary/aromatic N) is 30. The van der Waals surface area contributed by atoms with Crippen LogP contribution in [0.25, 0.3) is 141 Å². The molecule has 0 aliphatic heterocycles. The van der Waals surface area contributed by atoms with E-state index in [2.05, 4.69) is 219 Å². The number of fused-ring (bicyclic) bond motifs is 5. The number of hydrogen-bond donors (Lipinski definition) is 5. The Morgan fingerprint density at radius 1 is 0.243 bits per heavy atom. The van der Waals surface area contributed by atoms with Gasteiger partial charge in [0.1, 0.15) is 95.0 Å². The molecule has 0 saturated carbocycles. The van der Waals surface area contributed by atoms with E-state index in [-0.39, 0.29) is 5.82 Å². The number of hydrogen-bond acceptors (Lipinski definition) is 20. The molecule has 0 aliphatic rings. The number of benzene rings is 5. The smallest absolute Gasteiger partial charge is 0.155 e. The summed E-state index contributed by atoms with van der Waals surface area (Å²) in [5.74, 6) is 4.36. The van der Waals surface area contributed by atoms with Gasteiger partial charge in [0.05, 0.1) is 56.9 Å². The molecular formula is C108H100FN35. The molecule has 20 aromatic heterocycles. The van der Waals surface area contributed by atoms with Crippen LogP contribution in [-0.2, 0) is 99.4 Å². The van der Waals surface area contributed by atoms with Crippen LogP contribution in [0, 0.1) is 26.6 Å². The topological polar surface area (TPSA) is 383 Å². The molecule has 0 bridgehead atoms. The predicted molar refractivity (Wildman–Crippen MR) is 547 cm³/mol. The zero-order chi connectivity index (χ0) is 98.1. The van der Waals surface area contributed by atoms with Gasteiger partial charge in [0.15, 0.2) is 28.2 Å². The van der Waals surface area contributed by atoms with Crippen LogP contribution >= 0.6 is 0 Å². The SMILES string of the molecule is Cc1ccc(CCc2nc(-c3ccc4ncnn4c3)c(-c3ccn(C)n3)[nH]2)cc1.Cc1ccc(CCc2nc(-c3ccc4ncnn4c3)c(-c3ccn(C)n3)[nH]2)cc1.Cc1cccc(CCc2nc(-c3ccc4ncnn4c3)c(-c3ccn(C)n3)[nH]2)c1.Cn1ccc(-c2[nH]c(CCc3ccccc3)nc2-c2ccc3ncnn3c2)n1.Cn1ccc(-c2[nH]c(CCc3ccccc3F)nc2-c2ccc3ncnn3c2)n1. The fourth-order valence-corrected chi connectivity index (χ4v) is 17.2. The summed E-state index contributed by atoms with van der Waals surface area (Å²) in [6, 6.07) is 72.9. The van der Waals surface area contributed by atoms with Gasteiger partial charge < -0.3 is 24.9 Å². The molecule has 5 aromatic carbocycles. The highest BCUT2D eigenvalue weighted by molar-refractivity contribution is 5.81. The molecule has 36 heteroatoms. The van der Waals surface area contributed by atoms with Crippen molar-refractivity contribution in [1.82, 2.24) is 172 Å². The number of pyridine rings is 5. The van der Waals surface area contributed by atoms with Crippen molar-refractivity contribution in [3.8, 4) is 113 Å². The molecule has 20 heterocycles. The molecule has 0 amide bonds. The van der Waals surface area contributed by atoms with Crippen LogP contribution in [0.15, 0.2) is 312 Å². The average Bonchev–Trinajstić information content (AvgIpc) is 1.65. The number of halogens is 1. The van der Waals surface area contributed by atoms with Gasteiger partial charge in [0.25, 0.3) is 0 Å². The normalized spacial score (nSPS) is 11.4. The van der Waals surface area contributed by atoms with Crippen LogP contribution in [-0.4, -0.2) is 172 Å². The largest absolute Gasteiger partial charge is 0.340 e. The second-order valence-corrected chi connectivity index (χ2v) is 35.3.